The lowest BCUT2D eigenvalue weighted by Crippen LogP contribution is -2.18. The van der Waals surface area contributed by atoms with E-state index >= 15 is 0 Å². The molecule has 0 aliphatic rings. The standard InChI is InChI=1S/C11H14S/c1-11(2,3)10(12)9-7-5-4-6-8-9/h4-8H,1-3H3. The molecular weight excluding hydrogens is 164 g/mol. The molecule has 0 aliphatic carbocycles. The molecule has 12 heavy (non-hydrogen) atoms. The van der Waals surface area contributed by atoms with Crippen LogP contribution in [-0.2, 0) is 0 Å². The van der Waals surface area contributed by atoms with E-state index < -0.39 is 0 Å². The van der Waals surface area contributed by atoms with Gasteiger partial charge in [-0.05, 0) is 11.0 Å². The Hall–Kier alpha value is -0.690. The fraction of sp³-hybridized carbons (Fsp3) is 0.364. The molecule has 0 atom stereocenters. The first kappa shape index (κ1) is 9.40. The molecule has 0 bridgehead atoms. The van der Waals surface area contributed by atoms with E-state index in [1.165, 1.54) is 5.56 Å². The zero-order valence-electron chi connectivity index (χ0n) is 7.79. The summed E-state index contributed by atoms with van der Waals surface area (Å²) in [6, 6.07) is 10.2. The Bertz CT molecular complexity index is 267. The summed E-state index contributed by atoms with van der Waals surface area (Å²) in [7, 11) is 0. The van der Waals surface area contributed by atoms with Crippen LogP contribution in [0, 0.1) is 5.41 Å². The van der Waals surface area contributed by atoms with Gasteiger partial charge in [-0.2, -0.15) is 0 Å². The molecule has 0 N–H and O–H groups in total. The molecule has 1 aromatic carbocycles. The summed E-state index contributed by atoms with van der Waals surface area (Å²) < 4.78 is 0. The molecule has 0 heterocycles. The van der Waals surface area contributed by atoms with Crippen LogP contribution in [0.25, 0.3) is 0 Å². The van der Waals surface area contributed by atoms with Crippen LogP contribution in [0.1, 0.15) is 26.3 Å². The summed E-state index contributed by atoms with van der Waals surface area (Å²) in [6.45, 7) is 6.42. The first-order chi connectivity index (χ1) is 5.52. The third-order valence-electron chi connectivity index (χ3n) is 1.72. The maximum atomic E-state index is 5.36. The first-order valence-corrected chi connectivity index (χ1v) is 4.52. The van der Waals surface area contributed by atoms with E-state index in [0.717, 1.165) is 4.86 Å². The van der Waals surface area contributed by atoms with Crippen molar-refractivity contribution in [2.24, 2.45) is 5.41 Å². The van der Waals surface area contributed by atoms with Crippen LogP contribution >= 0.6 is 12.2 Å². The fourth-order valence-electron chi connectivity index (χ4n) is 1.02. The molecule has 0 fully saturated rings. The Labute approximate surface area is 79.6 Å². The molecular formula is C11H14S. The van der Waals surface area contributed by atoms with Crippen LogP contribution in [0.2, 0.25) is 0 Å². The topological polar surface area (TPSA) is 0 Å². The largest absolute Gasteiger partial charge is 0.0837 e. The third kappa shape index (κ3) is 2.15. The van der Waals surface area contributed by atoms with Crippen molar-refractivity contribution in [3.8, 4) is 0 Å². The Morgan fingerprint density at radius 1 is 1.08 bits per heavy atom. The van der Waals surface area contributed by atoms with Gasteiger partial charge in [0, 0.05) is 4.86 Å². The minimum atomic E-state index is 0.0939. The highest BCUT2D eigenvalue weighted by atomic mass is 32.1. The second-order valence-corrected chi connectivity index (χ2v) is 4.35. The monoisotopic (exact) mass is 178 g/mol. The third-order valence-corrected chi connectivity index (χ3v) is 2.57. The van der Waals surface area contributed by atoms with E-state index in [0.29, 0.717) is 0 Å². The van der Waals surface area contributed by atoms with Crippen LogP contribution in [0.3, 0.4) is 0 Å². The first-order valence-electron chi connectivity index (χ1n) is 4.11. The predicted molar refractivity (Wildman–Crippen MR) is 57.6 cm³/mol. The highest BCUT2D eigenvalue weighted by molar-refractivity contribution is 7.81. The minimum Gasteiger partial charge on any atom is -0.0837 e. The molecule has 0 saturated carbocycles. The number of hydrogen-bond acceptors (Lipinski definition) is 1. The highest BCUT2D eigenvalue weighted by Gasteiger charge is 2.17. The van der Waals surface area contributed by atoms with Gasteiger partial charge in [0.15, 0.2) is 0 Å². The number of thiocarbonyl (C=S) groups is 1. The second kappa shape index (κ2) is 3.36. The van der Waals surface area contributed by atoms with Crippen molar-refractivity contribution >= 4 is 17.1 Å². The molecule has 1 heteroatoms. The van der Waals surface area contributed by atoms with Crippen LogP contribution in [-0.4, -0.2) is 4.86 Å². The fourth-order valence-corrected chi connectivity index (χ4v) is 1.16. The van der Waals surface area contributed by atoms with E-state index in [4.69, 9.17) is 12.2 Å². The Morgan fingerprint density at radius 3 is 2.00 bits per heavy atom. The van der Waals surface area contributed by atoms with Gasteiger partial charge >= 0.3 is 0 Å². The van der Waals surface area contributed by atoms with Crippen molar-refractivity contribution in [1.29, 1.82) is 0 Å². The van der Waals surface area contributed by atoms with Crippen molar-refractivity contribution < 1.29 is 0 Å². The van der Waals surface area contributed by atoms with E-state index in [1.807, 2.05) is 18.2 Å². The summed E-state index contributed by atoms with van der Waals surface area (Å²) in [5.41, 5.74) is 1.26. The summed E-state index contributed by atoms with van der Waals surface area (Å²) >= 11 is 5.36. The van der Waals surface area contributed by atoms with E-state index in [-0.39, 0.29) is 5.41 Å². The highest BCUT2D eigenvalue weighted by Crippen LogP contribution is 2.21. The summed E-state index contributed by atoms with van der Waals surface area (Å²) in [6.07, 6.45) is 0. The number of rotatable bonds is 1. The van der Waals surface area contributed by atoms with E-state index in [1.54, 1.807) is 0 Å². The van der Waals surface area contributed by atoms with Crippen molar-refractivity contribution in [1.82, 2.24) is 0 Å². The van der Waals surface area contributed by atoms with Gasteiger partial charge < -0.3 is 0 Å². The van der Waals surface area contributed by atoms with Gasteiger partial charge in [0.2, 0.25) is 0 Å². The van der Waals surface area contributed by atoms with Gasteiger partial charge in [-0.15, -0.1) is 0 Å². The number of hydrogen-bond donors (Lipinski definition) is 0. The Morgan fingerprint density at radius 2 is 1.58 bits per heavy atom. The quantitative estimate of drug-likeness (QED) is 0.469. The van der Waals surface area contributed by atoms with E-state index in [2.05, 4.69) is 32.9 Å². The van der Waals surface area contributed by atoms with Gasteiger partial charge in [-0.1, -0.05) is 63.3 Å². The maximum Gasteiger partial charge on any atom is 0.0278 e. The molecule has 0 aromatic heterocycles. The molecule has 0 spiro atoms. The maximum absolute atomic E-state index is 5.36. The second-order valence-electron chi connectivity index (χ2n) is 3.95. The van der Waals surface area contributed by atoms with Gasteiger partial charge in [0.25, 0.3) is 0 Å². The van der Waals surface area contributed by atoms with Gasteiger partial charge in [0.05, 0.1) is 0 Å². The summed E-state index contributed by atoms with van der Waals surface area (Å²) in [4.78, 5) is 1.03. The average Bonchev–Trinajstić information content (AvgIpc) is 2.03. The zero-order chi connectivity index (χ0) is 9.19. The molecule has 64 valence electrons. The molecule has 0 nitrogen and oxygen atoms in total. The summed E-state index contributed by atoms with van der Waals surface area (Å²) in [5.74, 6) is 0. The number of benzene rings is 1. The summed E-state index contributed by atoms with van der Waals surface area (Å²) in [5, 5.41) is 0. The van der Waals surface area contributed by atoms with Crippen LogP contribution in [0.4, 0.5) is 0 Å². The molecule has 0 aliphatic heterocycles. The van der Waals surface area contributed by atoms with Gasteiger partial charge in [0.1, 0.15) is 0 Å². The van der Waals surface area contributed by atoms with Crippen molar-refractivity contribution in [3.05, 3.63) is 35.9 Å². The van der Waals surface area contributed by atoms with Gasteiger partial charge in [-0.3, -0.25) is 0 Å². The van der Waals surface area contributed by atoms with Crippen LogP contribution < -0.4 is 0 Å². The van der Waals surface area contributed by atoms with Crippen molar-refractivity contribution in [3.63, 3.8) is 0 Å². The lowest BCUT2D eigenvalue weighted by Gasteiger charge is -2.19. The Balaban J connectivity index is 2.94. The van der Waals surface area contributed by atoms with Crippen molar-refractivity contribution in [2.45, 2.75) is 20.8 Å². The SMILES string of the molecule is CC(C)(C)C(=S)c1ccccc1. The van der Waals surface area contributed by atoms with Crippen LogP contribution in [0.15, 0.2) is 30.3 Å². The van der Waals surface area contributed by atoms with Crippen molar-refractivity contribution in [2.75, 3.05) is 0 Å². The lowest BCUT2D eigenvalue weighted by molar-refractivity contribution is 0.602. The molecule has 0 radical (unpaired) electrons. The van der Waals surface area contributed by atoms with Gasteiger partial charge in [-0.25, -0.2) is 0 Å². The molecule has 1 rings (SSSR count). The molecule has 1 aromatic rings. The van der Waals surface area contributed by atoms with Crippen LogP contribution in [0.5, 0.6) is 0 Å². The molecule has 0 saturated heterocycles. The smallest absolute Gasteiger partial charge is 0.0278 e. The zero-order valence-corrected chi connectivity index (χ0v) is 8.61. The predicted octanol–water partition coefficient (Wildman–Crippen LogP) is 3.45. The molecule has 0 amide bonds. The lowest BCUT2D eigenvalue weighted by atomic mass is 9.88. The minimum absolute atomic E-state index is 0.0939. The Kier molecular flexibility index (Phi) is 2.63. The van der Waals surface area contributed by atoms with E-state index in [9.17, 15) is 0 Å². The normalized spacial score (nSPS) is 11.2. The average molecular weight is 178 g/mol. The molecule has 0 unspecified atom stereocenters.